The number of hydrogen-bond donors (Lipinski definition) is 2. The average Bonchev–Trinajstić information content (AvgIpc) is 2.88. The highest BCUT2D eigenvalue weighted by Gasteiger charge is 2.33. The maximum absolute atomic E-state index is 12.1. The van der Waals surface area contributed by atoms with Gasteiger partial charge in [-0.15, -0.1) is 0 Å². The van der Waals surface area contributed by atoms with Crippen LogP contribution in [-0.2, 0) is 9.53 Å². The van der Waals surface area contributed by atoms with Gasteiger partial charge in [0.1, 0.15) is 0 Å². The van der Waals surface area contributed by atoms with Gasteiger partial charge in [-0.05, 0) is 26.1 Å². The van der Waals surface area contributed by atoms with Crippen LogP contribution in [0.5, 0.6) is 0 Å². The minimum Gasteiger partial charge on any atom is -0.379 e. The molecule has 18 heavy (non-hydrogen) atoms. The molecule has 1 aromatic rings. The van der Waals surface area contributed by atoms with Crippen LogP contribution in [0, 0.1) is 5.92 Å². The average molecular weight is 249 g/mol. The van der Waals surface area contributed by atoms with Crippen molar-refractivity contribution >= 4 is 5.91 Å². The van der Waals surface area contributed by atoms with Gasteiger partial charge < -0.3 is 15.4 Å². The van der Waals surface area contributed by atoms with E-state index >= 15 is 0 Å². The van der Waals surface area contributed by atoms with Crippen molar-refractivity contribution in [3.8, 4) is 0 Å². The Morgan fingerprint density at radius 2 is 2.33 bits per heavy atom. The van der Waals surface area contributed by atoms with Crippen LogP contribution >= 0.6 is 0 Å². The Morgan fingerprint density at radius 1 is 1.50 bits per heavy atom. The third kappa shape index (κ3) is 2.86. The Balaban J connectivity index is 1.95. The first kappa shape index (κ1) is 13.0. The molecule has 1 saturated heterocycles. The Labute approximate surface area is 107 Å². The summed E-state index contributed by atoms with van der Waals surface area (Å²) in [6, 6.07) is 5.70. The minimum atomic E-state index is -0.124. The molecule has 1 aromatic heterocycles. The molecule has 0 saturated carbocycles. The zero-order chi connectivity index (χ0) is 13.0. The van der Waals surface area contributed by atoms with E-state index in [1.54, 1.807) is 6.20 Å². The molecule has 5 heteroatoms. The van der Waals surface area contributed by atoms with E-state index in [0.29, 0.717) is 13.2 Å². The zero-order valence-electron chi connectivity index (χ0n) is 10.7. The number of hydrogen-bond acceptors (Lipinski definition) is 4. The minimum absolute atomic E-state index is 0.0185. The van der Waals surface area contributed by atoms with Crippen LogP contribution in [0.15, 0.2) is 24.4 Å². The number of pyridine rings is 1. The van der Waals surface area contributed by atoms with Crippen LogP contribution in [-0.4, -0.2) is 37.2 Å². The first-order valence-corrected chi connectivity index (χ1v) is 6.18. The number of carbonyl (C=O) groups excluding carboxylic acids is 1. The van der Waals surface area contributed by atoms with E-state index in [0.717, 1.165) is 5.69 Å². The highest BCUT2D eigenvalue weighted by Crippen LogP contribution is 2.16. The molecule has 1 aliphatic heterocycles. The van der Waals surface area contributed by atoms with Crippen LogP contribution in [0.2, 0.25) is 0 Å². The predicted octanol–water partition coefficient (Wildman–Crippen LogP) is 0.493. The van der Waals surface area contributed by atoms with Crippen LogP contribution in [0.3, 0.4) is 0 Å². The first-order valence-electron chi connectivity index (χ1n) is 6.18. The molecule has 0 spiro atoms. The van der Waals surface area contributed by atoms with E-state index in [1.807, 2.05) is 32.2 Å². The van der Waals surface area contributed by atoms with Crippen molar-refractivity contribution < 1.29 is 9.53 Å². The van der Waals surface area contributed by atoms with Crippen LogP contribution in [0.4, 0.5) is 0 Å². The third-order valence-corrected chi connectivity index (χ3v) is 3.28. The Hall–Kier alpha value is -1.46. The molecule has 0 aromatic carbocycles. The van der Waals surface area contributed by atoms with Gasteiger partial charge in [0, 0.05) is 12.2 Å². The number of nitrogens with zero attached hydrogens (tertiary/aromatic N) is 1. The normalized spacial score (nSPS) is 24.8. The maximum Gasteiger partial charge on any atom is 0.227 e. The van der Waals surface area contributed by atoms with E-state index in [2.05, 4.69) is 15.6 Å². The van der Waals surface area contributed by atoms with Crippen LogP contribution < -0.4 is 10.6 Å². The molecule has 0 radical (unpaired) electrons. The number of nitrogens with one attached hydrogen (secondary N) is 2. The van der Waals surface area contributed by atoms with Crippen molar-refractivity contribution in [2.75, 3.05) is 20.3 Å². The second-order valence-corrected chi connectivity index (χ2v) is 4.52. The van der Waals surface area contributed by atoms with Gasteiger partial charge in [-0.25, -0.2) is 0 Å². The Bertz CT molecular complexity index is 396. The van der Waals surface area contributed by atoms with Crippen molar-refractivity contribution in [3.05, 3.63) is 30.1 Å². The lowest BCUT2D eigenvalue weighted by Crippen LogP contribution is -2.43. The monoisotopic (exact) mass is 249 g/mol. The summed E-state index contributed by atoms with van der Waals surface area (Å²) in [5.41, 5.74) is 0.866. The van der Waals surface area contributed by atoms with Gasteiger partial charge in [-0.3, -0.25) is 9.78 Å². The second kappa shape index (κ2) is 5.93. The molecule has 1 aliphatic rings. The summed E-state index contributed by atoms with van der Waals surface area (Å²) < 4.78 is 5.33. The quantitative estimate of drug-likeness (QED) is 0.815. The predicted molar refractivity (Wildman–Crippen MR) is 68.0 cm³/mol. The topological polar surface area (TPSA) is 63.2 Å². The van der Waals surface area contributed by atoms with Gasteiger partial charge in [0.25, 0.3) is 0 Å². The number of aromatic nitrogens is 1. The Morgan fingerprint density at radius 3 is 3.00 bits per heavy atom. The van der Waals surface area contributed by atoms with Crippen molar-refractivity contribution in [2.45, 2.75) is 19.0 Å². The molecule has 2 unspecified atom stereocenters. The van der Waals surface area contributed by atoms with Crippen LogP contribution in [0.1, 0.15) is 18.7 Å². The van der Waals surface area contributed by atoms with E-state index in [9.17, 15) is 4.79 Å². The van der Waals surface area contributed by atoms with Crippen molar-refractivity contribution in [1.29, 1.82) is 0 Å². The molecule has 98 valence electrons. The molecule has 2 N–H and O–H groups in total. The van der Waals surface area contributed by atoms with Gasteiger partial charge in [0.05, 0.1) is 30.9 Å². The number of amides is 1. The standard InChI is InChI=1S/C13H19N3O2/c1-9(11-5-3-4-6-15-11)16-13(17)10-7-18-8-12(10)14-2/h3-6,9-10,12,14H,7-8H2,1-2H3,(H,16,17)/t9-,10?,12?/m0/s1. The molecule has 1 fully saturated rings. The maximum atomic E-state index is 12.1. The SMILES string of the molecule is CNC1COCC1C(=O)N[C@@H](C)c1ccccn1. The molecule has 3 atom stereocenters. The summed E-state index contributed by atoms with van der Waals surface area (Å²) >= 11 is 0. The van der Waals surface area contributed by atoms with E-state index < -0.39 is 0 Å². The molecule has 0 aliphatic carbocycles. The summed E-state index contributed by atoms with van der Waals surface area (Å²) in [7, 11) is 1.85. The third-order valence-electron chi connectivity index (χ3n) is 3.28. The first-order chi connectivity index (χ1) is 8.72. The fraction of sp³-hybridized carbons (Fsp3) is 0.538. The summed E-state index contributed by atoms with van der Waals surface area (Å²) in [6.07, 6.45) is 1.73. The van der Waals surface area contributed by atoms with Gasteiger partial charge >= 0.3 is 0 Å². The fourth-order valence-electron chi connectivity index (χ4n) is 2.12. The lowest BCUT2D eigenvalue weighted by molar-refractivity contribution is -0.126. The van der Waals surface area contributed by atoms with E-state index in [1.165, 1.54) is 0 Å². The number of rotatable bonds is 4. The summed E-state index contributed by atoms with van der Waals surface area (Å²) in [6.45, 7) is 3.00. The van der Waals surface area contributed by atoms with Crippen molar-refractivity contribution in [2.24, 2.45) is 5.92 Å². The van der Waals surface area contributed by atoms with Crippen LogP contribution in [0.25, 0.3) is 0 Å². The van der Waals surface area contributed by atoms with Gasteiger partial charge in [0.2, 0.25) is 5.91 Å². The highest BCUT2D eigenvalue weighted by molar-refractivity contribution is 5.80. The number of likely N-dealkylation sites (N-methyl/N-ethyl adjacent to an activating group) is 1. The lowest BCUT2D eigenvalue weighted by Gasteiger charge is -2.19. The van der Waals surface area contributed by atoms with Crippen molar-refractivity contribution in [1.82, 2.24) is 15.6 Å². The number of carbonyl (C=O) groups is 1. The van der Waals surface area contributed by atoms with Gasteiger partial charge in [0.15, 0.2) is 0 Å². The smallest absolute Gasteiger partial charge is 0.227 e. The summed E-state index contributed by atoms with van der Waals surface area (Å²) in [5, 5.41) is 6.09. The van der Waals surface area contributed by atoms with E-state index in [4.69, 9.17) is 4.74 Å². The Kier molecular flexibility index (Phi) is 4.28. The summed E-state index contributed by atoms with van der Waals surface area (Å²) in [4.78, 5) is 16.4. The molecule has 5 nitrogen and oxygen atoms in total. The molecule has 2 heterocycles. The molecule has 2 rings (SSSR count). The zero-order valence-corrected chi connectivity index (χ0v) is 10.7. The highest BCUT2D eigenvalue weighted by atomic mass is 16.5. The fourth-order valence-corrected chi connectivity index (χ4v) is 2.12. The molecule has 0 bridgehead atoms. The van der Waals surface area contributed by atoms with E-state index in [-0.39, 0.29) is 23.9 Å². The molecular weight excluding hydrogens is 230 g/mol. The molecular formula is C13H19N3O2. The second-order valence-electron chi connectivity index (χ2n) is 4.52. The largest absolute Gasteiger partial charge is 0.379 e. The van der Waals surface area contributed by atoms with Crippen molar-refractivity contribution in [3.63, 3.8) is 0 Å². The number of ether oxygens (including phenoxy) is 1. The summed E-state index contributed by atoms with van der Waals surface area (Å²) in [5.74, 6) is -0.105. The molecule has 1 amide bonds. The van der Waals surface area contributed by atoms with Gasteiger partial charge in [-0.2, -0.15) is 0 Å². The van der Waals surface area contributed by atoms with Gasteiger partial charge in [-0.1, -0.05) is 6.07 Å². The lowest BCUT2D eigenvalue weighted by atomic mass is 10.0.